The molecule has 20 heavy (non-hydrogen) atoms. The summed E-state index contributed by atoms with van der Waals surface area (Å²) in [4.78, 5) is 23.5. The molecule has 5 heteroatoms. The van der Waals surface area contributed by atoms with Gasteiger partial charge >= 0.3 is 5.97 Å². The normalized spacial score (nSPS) is 15.5. The van der Waals surface area contributed by atoms with Crippen LogP contribution < -0.4 is 5.32 Å². The summed E-state index contributed by atoms with van der Waals surface area (Å²) in [6.45, 7) is 2.47. The molecule has 0 atom stereocenters. The third kappa shape index (κ3) is 3.39. The Bertz CT molecular complexity index is 494. The lowest BCUT2D eigenvalue weighted by Crippen LogP contribution is -2.36. The summed E-state index contributed by atoms with van der Waals surface area (Å²) < 4.78 is 5.83. The van der Waals surface area contributed by atoms with Crippen molar-refractivity contribution in [1.29, 1.82) is 0 Å². The smallest absolute Gasteiger partial charge is 0.307 e. The molecular formula is C15H18BrNO3. The van der Waals surface area contributed by atoms with Crippen LogP contribution in [-0.2, 0) is 19.7 Å². The van der Waals surface area contributed by atoms with E-state index < -0.39 is 5.41 Å². The summed E-state index contributed by atoms with van der Waals surface area (Å²) in [5.74, 6) is -0.273. The van der Waals surface area contributed by atoms with Crippen LogP contribution in [0.1, 0.15) is 31.7 Å². The van der Waals surface area contributed by atoms with Gasteiger partial charge in [-0.05, 0) is 37.5 Å². The standard InChI is InChI=1S/C15H18BrNO3/c1-2-20-13(18)7-10-17-14(19)15(8-9-15)11-3-5-12(16)6-4-11/h3-6H,2,7-10H2,1H3,(H,17,19). The minimum atomic E-state index is -0.393. The Kier molecular flexibility index (Phi) is 4.81. The molecule has 0 unspecified atom stereocenters. The quantitative estimate of drug-likeness (QED) is 0.810. The van der Waals surface area contributed by atoms with Crippen LogP contribution in [0.4, 0.5) is 0 Å². The second-order valence-corrected chi connectivity index (χ2v) is 5.82. The molecule has 0 saturated heterocycles. The van der Waals surface area contributed by atoms with E-state index in [-0.39, 0.29) is 18.3 Å². The molecule has 0 radical (unpaired) electrons. The van der Waals surface area contributed by atoms with Gasteiger partial charge in [-0.25, -0.2) is 0 Å². The van der Waals surface area contributed by atoms with Crippen LogP contribution in [0.3, 0.4) is 0 Å². The van der Waals surface area contributed by atoms with Crippen LogP contribution >= 0.6 is 15.9 Å². The number of ether oxygens (including phenoxy) is 1. The lowest BCUT2D eigenvalue weighted by Gasteiger charge is -2.15. The monoisotopic (exact) mass is 339 g/mol. The number of rotatable bonds is 6. The van der Waals surface area contributed by atoms with E-state index in [0.717, 1.165) is 22.9 Å². The first-order chi connectivity index (χ1) is 9.58. The first-order valence-electron chi connectivity index (χ1n) is 6.78. The van der Waals surface area contributed by atoms with Crippen LogP contribution in [0.5, 0.6) is 0 Å². The zero-order chi connectivity index (χ0) is 14.6. The van der Waals surface area contributed by atoms with Crippen molar-refractivity contribution >= 4 is 27.8 Å². The van der Waals surface area contributed by atoms with Crippen LogP contribution in [-0.4, -0.2) is 25.0 Å². The minimum Gasteiger partial charge on any atom is -0.466 e. The molecule has 1 aliphatic rings. The Labute approximate surface area is 127 Å². The van der Waals surface area contributed by atoms with Crippen molar-refractivity contribution in [3.05, 3.63) is 34.3 Å². The Balaban J connectivity index is 1.89. The van der Waals surface area contributed by atoms with E-state index in [2.05, 4.69) is 21.2 Å². The highest BCUT2D eigenvalue weighted by molar-refractivity contribution is 9.10. The van der Waals surface area contributed by atoms with Crippen LogP contribution in [0.2, 0.25) is 0 Å². The molecular weight excluding hydrogens is 322 g/mol. The van der Waals surface area contributed by atoms with Gasteiger partial charge in [-0.1, -0.05) is 28.1 Å². The summed E-state index contributed by atoms with van der Waals surface area (Å²) in [7, 11) is 0. The van der Waals surface area contributed by atoms with E-state index >= 15 is 0 Å². The maximum absolute atomic E-state index is 12.3. The fourth-order valence-electron chi connectivity index (χ4n) is 2.22. The van der Waals surface area contributed by atoms with Crippen LogP contribution in [0, 0.1) is 0 Å². The second kappa shape index (κ2) is 6.39. The highest BCUT2D eigenvalue weighted by Crippen LogP contribution is 2.48. The number of benzene rings is 1. The first kappa shape index (κ1) is 15.0. The predicted molar refractivity (Wildman–Crippen MR) is 79.3 cm³/mol. The minimum absolute atomic E-state index is 0.00382. The lowest BCUT2D eigenvalue weighted by molar-refractivity contribution is -0.143. The van der Waals surface area contributed by atoms with Crippen molar-refractivity contribution < 1.29 is 14.3 Å². The van der Waals surface area contributed by atoms with E-state index in [1.165, 1.54) is 0 Å². The SMILES string of the molecule is CCOC(=O)CCNC(=O)C1(c2ccc(Br)cc2)CC1. The summed E-state index contributed by atoms with van der Waals surface area (Å²) in [6, 6.07) is 7.84. The second-order valence-electron chi connectivity index (χ2n) is 4.90. The number of hydrogen-bond donors (Lipinski definition) is 1. The Morgan fingerprint density at radius 1 is 1.30 bits per heavy atom. The number of carbonyl (C=O) groups is 2. The molecule has 0 aromatic heterocycles. The topological polar surface area (TPSA) is 55.4 Å². The van der Waals surface area contributed by atoms with Crippen molar-refractivity contribution in [2.45, 2.75) is 31.6 Å². The van der Waals surface area contributed by atoms with Crippen molar-refractivity contribution in [1.82, 2.24) is 5.32 Å². The molecule has 0 aliphatic heterocycles. The van der Waals surface area contributed by atoms with Gasteiger partial charge in [0.25, 0.3) is 0 Å². The number of esters is 1. The maximum atomic E-state index is 12.3. The molecule has 2 rings (SSSR count). The molecule has 1 aromatic carbocycles. The predicted octanol–water partition coefficient (Wildman–Crippen LogP) is 2.55. The Morgan fingerprint density at radius 2 is 1.95 bits per heavy atom. The molecule has 108 valence electrons. The average molecular weight is 340 g/mol. The van der Waals surface area contributed by atoms with E-state index in [1.54, 1.807) is 6.92 Å². The number of halogens is 1. The summed E-state index contributed by atoms with van der Waals surface area (Å²) in [5, 5.41) is 2.84. The zero-order valence-electron chi connectivity index (χ0n) is 11.4. The molecule has 0 heterocycles. The van der Waals surface area contributed by atoms with E-state index in [1.807, 2.05) is 24.3 Å². The highest BCUT2D eigenvalue weighted by Gasteiger charge is 2.50. The van der Waals surface area contributed by atoms with Gasteiger partial charge in [0.15, 0.2) is 0 Å². The van der Waals surface area contributed by atoms with Crippen molar-refractivity contribution in [3.63, 3.8) is 0 Å². The molecule has 1 fully saturated rings. The first-order valence-corrected chi connectivity index (χ1v) is 7.58. The fourth-order valence-corrected chi connectivity index (χ4v) is 2.49. The van der Waals surface area contributed by atoms with Crippen molar-refractivity contribution in [2.75, 3.05) is 13.2 Å². The third-order valence-corrected chi connectivity index (χ3v) is 4.03. The van der Waals surface area contributed by atoms with Gasteiger partial charge in [0.1, 0.15) is 0 Å². The van der Waals surface area contributed by atoms with Gasteiger partial charge in [0, 0.05) is 11.0 Å². The zero-order valence-corrected chi connectivity index (χ0v) is 13.0. The average Bonchev–Trinajstić information content (AvgIpc) is 3.21. The summed E-state index contributed by atoms with van der Waals surface area (Å²) in [6.07, 6.45) is 1.94. The molecule has 0 spiro atoms. The van der Waals surface area contributed by atoms with Gasteiger partial charge in [-0.15, -0.1) is 0 Å². The third-order valence-electron chi connectivity index (χ3n) is 3.50. The van der Waals surface area contributed by atoms with Crippen LogP contribution in [0.15, 0.2) is 28.7 Å². The largest absolute Gasteiger partial charge is 0.466 e. The molecule has 4 nitrogen and oxygen atoms in total. The molecule has 0 bridgehead atoms. The molecule has 1 N–H and O–H groups in total. The van der Waals surface area contributed by atoms with E-state index in [4.69, 9.17) is 4.74 Å². The van der Waals surface area contributed by atoms with Gasteiger partial charge < -0.3 is 10.1 Å². The van der Waals surface area contributed by atoms with Gasteiger partial charge in [-0.2, -0.15) is 0 Å². The number of nitrogens with one attached hydrogen (secondary N) is 1. The Hall–Kier alpha value is -1.36. The van der Waals surface area contributed by atoms with Gasteiger partial charge in [-0.3, -0.25) is 9.59 Å². The Morgan fingerprint density at radius 3 is 2.50 bits per heavy atom. The summed E-state index contributed by atoms with van der Waals surface area (Å²) in [5.41, 5.74) is 0.643. The lowest BCUT2D eigenvalue weighted by atomic mass is 9.95. The summed E-state index contributed by atoms with van der Waals surface area (Å²) >= 11 is 3.39. The van der Waals surface area contributed by atoms with Gasteiger partial charge in [0.05, 0.1) is 18.4 Å². The highest BCUT2D eigenvalue weighted by atomic mass is 79.9. The van der Waals surface area contributed by atoms with Crippen molar-refractivity contribution in [3.8, 4) is 0 Å². The molecule has 1 amide bonds. The van der Waals surface area contributed by atoms with Gasteiger partial charge in [0.2, 0.25) is 5.91 Å². The number of hydrogen-bond acceptors (Lipinski definition) is 3. The number of amides is 1. The molecule has 1 aliphatic carbocycles. The molecule has 1 aromatic rings. The van der Waals surface area contributed by atoms with E-state index in [0.29, 0.717) is 13.2 Å². The maximum Gasteiger partial charge on any atom is 0.307 e. The fraction of sp³-hybridized carbons (Fsp3) is 0.467. The molecule has 1 saturated carbocycles. The van der Waals surface area contributed by atoms with Crippen molar-refractivity contribution in [2.24, 2.45) is 0 Å². The number of carbonyl (C=O) groups excluding carboxylic acids is 2. The van der Waals surface area contributed by atoms with E-state index in [9.17, 15) is 9.59 Å². The van der Waals surface area contributed by atoms with Crippen LogP contribution in [0.25, 0.3) is 0 Å².